The second-order valence-electron chi connectivity index (χ2n) is 2.02. The van der Waals surface area contributed by atoms with E-state index in [2.05, 4.69) is 48.6 Å². The van der Waals surface area contributed by atoms with Crippen LogP contribution in [0.2, 0.25) is 0 Å². The van der Waals surface area contributed by atoms with Gasteiger partial charge in [0.15, 0.2) is 5.65 Å². The molecule has 0 atom stereocenters. The van der Waals surface area contributed by atoms with E-state index in [-0.39, 0.29) is 0 Å². The minimum atomic E-state index is 0.818. The zero-order valence-electron chi connectivity index (χ0n) is 5.33. The summed E-state index contributed by atoms with van der Waals surface area (Å²) in [6.45, 7) is 0. The number of rotatable bonds is 0. The average molecular weight is 324 g/mol. The Morgan fingerprint density at radius 3 is 3.09 bits per heavy atom. The number of hydrogen-bond acceptors (Lipinski definition) is 2. The molecule has 2 rings (SSSR count). The van der Waals surface area contributed by atoms with Gasteiger partial charge < -0.3 is 0 Å². The fourth-order valence-electron chi connectivity index (χ4n) is 0.830. The number of halogens is 2. The van der Waals surface area contributed by atoms with Gasteiger partial charge in [-0.05, 0) is 50.7 Å². The molecule has 0 spiro atoms. The van der Waals surface area contributed by atoms with Crippen molar-refractivity contribution in [2.45, 2.75) is 0 Å². The van der Waals surface area contributed by atoms with E-state index in [0.717, 1.165) is 14.0 Å². The zero-order valence-corrected chi connectivity index (χ0v) is 9.07. The fraction of sp³-hybridized carbons (Fsp3) is 0. The summed E-state index contributed by atoms with van der Waals surface area (Å²) in [5, 5.41) is 4.16. The molecule has 2 aromatic rings. The molecular formula is C6H3BrIN3. The van der Waals surface area contributed by atoms with E-state index in [1.54, 1.807) is 4.52 Å². The molecule has 2 heterocycles. The molecule has 0 aliphatic heterocycles. The van der Waals surface area contributed by atoms with Crippen LogP contribution < -0.4 is 0 Å². The standard InChI is InChI=1S/C6H3BrIN3/c7-4-1-2-6-9-5(8)3-11(6)10-4/h1-3H. The highest BCUT2D eigenvalue weighted by Crippen LogP contribution is 2.09. The molecule has 56 valence electrons. The number of aromatic nitrogens is 3. The van der Waals surface area contributed by atoms with Crippen molar-refractivity contribution >= 4 is 44.2 Å². The molecule has 0 fully saturated rings. The Hall–Kier alpha value is -0.170. The van der Waals surface area contributed by atoms with E-state index in [4.69, 9.17) is 0 Å². The third-order valence-corrected chi connectivity index (χ3v) is 2.20. The highest BCUT2D eigenvalue weighted by atomic mass is 127. The smallest absolute Gasteiger partial charge is 0.154 e. The molecule has 3 nitrogen and oxygen atoms in total. The Bertz CT molecular complexity index is 398. The average Bonchev–Trinajstić information content (AvgIpc) is 2.27. The summed E-state index contributed by atoms with van der Waals surface area (Å²) >= 11 is 5.44. The maximum Gasteiger partial charge on any atom is 0.154 e. The number of imidazole rings is 1. The van der Waals surface area contributed by atoms with Crippen molar-refractivity contribution < 1.29 is 0 Å². The normalized spacial score (nSPS) is 10.7. The maximum absolute atomic E-state index is 4.22. The molecule has 0 unspecified atom stereocenters. The Labute approximate surface area is 85.1 Å². The Morgan fingerprint density at radius 1 is 1.45 bits per heavy atom. The van der Waals surface area contributed by atoms with Crippen LogP contribution >= 0.6 is 38.5 Å². The predicted octanol–water partition coefficient (Wildman–Crippen LogP) is 2.10. The van der Waals surface area contributed by atoms with Crippen LogP contribution in [-0.4, -0.2) is 14.6 Å². The molecule has 0 bridgehead atoms. The SMILES string of the molecule is Brc1ccc2nc(I)cn2n1. The summed E-state index contributed by atoms with van der Waals surface area (Å²) in [4.78, 5) is 4.22. The molecule has 0 aliphatic carbocycles. The molecule has 5 heteroatoms. The van der Waals surface area contributed by atoms with Gasteiger partial charge >= 0.3 is 0 Å². The van der Waals surface area contributed by atoms with E-state index in [1.165, 1.54) is 0 Å². The first kappa shape index (κ1) is 7.48. The van der Waals surface area contributed by atoms with Crippen molar-refractivity contribution in [3.05, 3.63) is 26.6 Å². The zero-order chi connectivity index (χ0) is 7.84. The number of hydrogen-bond donors (Lipinski definition) is 0. The van der Waals surface area contributed by atoms with Crippen molar-refractivity contribution in [2.24, 2.45) is 0 Å². The van der Waals surface area contributed by atoms with Crippen LogP contribution in [0.5, 0.6) is 0 Å². The lowest BCUT2D eigenvalue weighted by molar-refractivity contribution is 0.916. The van der Waals surface area contributed by atoms with Gasteiger partial charge in [-0.1, -0.05) is 0 Å². The molecule has 0 radical (unpaired) electrons. The van der Waals surface area contributed by atoms with Gasteiger partial charge in [-0.2, -0.15) is 5.10 Å². The molecule has 0 N–H and O–H groups in total. The van der Waals surface area contributed by atoms with Gasteiger partial charge in [-0.15, -0.1) is 0 Å². The van der Waals surface area contributed by atoms with Crippen LogP contribution in [0.3, 0.4) is 0 Å². The van der Waals surface area contributed by atoms with Gasteiger partial charge in [-0.25, -0.2) is 9.50 Å². The lowest BCUT2D eigenvalue weighted by Gasteiger charge is -1.90. The second-order valence-corrected chi connectivity index (χ2v) is 3.94. The third kappa shape index (κ3) is 1.39. The molecule has 2 aromatic heterocycles. The van der Waals surface area contributed by atoms with Crippen LogP contribution in [0.15, 0.2) is 22.9 Å². The second kappa shape index (κ2) is 2.71. The Balaban J connectivity index is 2.82. The van der Waals surface area contributed by atoms with Crippen LogP contribution in [-0.2, 0) is 0 Å². The van der Waals surface area contributed by atoms with Crippen molar-refractivity contribution in [3.8, 4) is 0 Å². The first-order chi connectivity index (χ1) is 5.25. The monoisotopic (exact) mass is 323 g/mol. The van der Waals surface area contributed by atoms with Crippen molar-refractivity contribution in [2.75, 3.05) is 0 Å². The van der Waals surface area contributed by atoms with E-state index in [0.29, 0.717) is 0 Å². The van der Waals surface area contributed by atoms with Gasteiger partial charge in [0.25, 0.3) is 0 Å². The van der Waals surface area contributed by atoms with E-state index in [9.17, 15) is 0 Å². The van der Waals surface area contributed by atoms with Gasteiger partial charge in [0.05, 0.1) is 6.20 Å². The summed E-state index contributed by atoms with van der Waals surface area (Å²) in [5.74, 6) is 0. The van der Waals surface area contributed by atoms with Crippen LogP contribution in [0, 0.1) is 3.70 Å². The molecule has 11 heavy (non-hydrogen) atoms. The van der Waals surface area contributed by atoms with Gasteiger partial charge in [0.1, 0.15) is 8.30 Å². The van der Waals surface area contributed by atoms with Gasteiger partial charge in [0, 0.05) is 0 Å². The van der Waals surface area contributed by atoms with Gasteiger partial charge in [-0.3, -0.25) is 0 Å². The maximum atomic E-state index is 4.22. The molecular weight excluding hydrogens is 321 g/mol. The van der Waals surface area contributed by atoms with Crippen molar-refractivity contribution in [3.63, 3.8) is 0 Å². The minimum Gasteiger partial charge on any atom is -0.221 e. The molecule has 0 aliphatic rings. The predicted molar refractivity (Wildman–Crippen MR) is 53.4 cm³/mol. The first-order valence-corrected chi connectivity index (χ1v) is 4.80. The summed E-state index contributed by atoms with van der Waals surface area (Å²) in [7, 11) is 0. The van der Waals surface area contributed by atoms with Gasteiger partial charge in [0.2, 0.25) is 0 Å². The molecule has 0 saturated carbocycles. The lowest BCUT2D eigenvalue weighted by Crippen LogP contribution is -1.88. The number of nitrogens with zero attached hydrogens (tertiary/aromatic N) is 3. The quantitative estimate of drug-likeness (QED) is 0.695. The number of fused-ring (bicyclic) bond motifs is 1. The van der Waals surface area contributed by atoms with Crippen LogP contribution in [0.4, 0.5) is 0 Å². The summed E-state index contributed by atoms with van der Waals surface area (Å²) < 4.78 is 3.51. The highest BCUT2D eigenvalue weighted by Gasteiger charge is 1.98. The first-order valence-electron chi connectivity index (χ1n) is 2.93. The summed E-state index contributed by atoms with van der Waals surface area (Å²) in [6.07, 6.45) is 1.88. The van der Waals surface area contributed by atoms with E-state index >= 15 is 0 Å². The lowest BCUT2D eigenvalue weighted by atomic mass is 10.6. The topological polar surface area (TPSA) is 30.2 Å². The molecule has 0 saturated heterocycles. The van der Waals surface area contributed by atoms with Crippen molar-refractivity contribution in [1.29, 1.82) is 0 Å². The fourth-order valence-corrected chi connectivity index (χ4v) is 1.64. The van der Waals surface area contributed by atoms with Crippen LogP contribution in [0.25, 0.3) is 5.65 Å². The van der Waals surface area contributed by atoms with Crippen LogP contribution in [0.1, 0.15) is 0 Å². The largest absolute Gasteiger partial charge is 0.221 e. The molecule has 0 amide bonds. The Kier molecular flexibility index (Phi) is 1.84. The van der Waals surface area contributed by atoms with E-state index < -0.39 is 0 Å². The molecule has 0 aromatic carbocycles. The minimum absolute atomic E-state index is 0.818. The summed E-state index contributed by atoms with van der Waals surface area (Å²) in [6, 6.07) is 3.79. The summed E-state index contributed by atoms with van der Waals surface area (Å²) in [5.41, 5.74) is 0.873. The Morgan fingerprint density at radius 2 is 2.27 bits per heavy atom. The van der Waals surface area contributed by atoms with Crippen molar-refractivity contribution in [1.82, 2.24) is 14.6 Å². The third-order valence-electron chi connectivity index (χ3n) is 1.26. The van der Waals surface area contributed by atoms with E-state index in [1.807, 2.05) is 18.3 Å². The highest BCUT2D eigenvalue weighted by molar-refractivity contribution is 14.1.